The SMILES string of the molecule is CCOC(=O)C1=c2sc(=Cc3ccc(-c4ccccc4)o3)c(=O)n2C(N)=C(C#N)[C@H]1c1ccc(-c2ccccc2)o1. The molecule has 0 aliphatic carbocycles. The molecule has 8 nitrogen and oxygen atoms in total. The Morgan fingerprint density at radius 2 is 1.63 bits per heavy atom. The summed E-state index contributed by atoms with van der Waals surface area (Å²) >= 11 is 1.07. The lowest BCUT2D eigenvalue weighted by molar-refractivity contribution is -0.136. The first-order valence-electron chi connectivity index (χ1n) is 12.9. The highest BCUT2D eigenvalue weighted by Crippen LogP contribution is 2.39. The fraction of sp³-hybridized carbons (Fsp3) is 0.0938. The van der Waals surface area contributed by atoms with Crippen LogP contribution in [-0.2, 0) is 9.53 Å². The minimum absolute atomic E-state index is 0.0188. The summed E-state index contributed by atoms with van der Waals surface area (Å²) in [6.07, 6.45) is 1.60. The molecule has 1 aliphatic rings. The van der Waals surface area contributed by atoms with Crippen LogP contribution in [-0.4, -0.2) is 17.1 Å². The summed E-state index contributed by atoms with van der Waals surface area (Å²) in [5, 5.41) is 10.2. The lowest BCUT2D eigenvalue weighted by Crippen LogP contribution is -2.40. The minimum Gasteiger partial charge on any atom is -0.463 e. The molecular formula is C32H23N3O5S. The first-order valence-corrected chi connectivity index (χ1v) is 13.7. The van der Waals surface area contributed by atoms with Crippen LogP contribution in [0, 0.1) is 11.3 Å². The molecule has 0 bridgehead atoms. The van der Waals surface area contributed by atoms with Crippen LogP contribution < -0.4 is 20.5 Å². The van der Waals surface area contributed by atoms with E-state index in [2.05, 4.69) is 6.07 Å². The third-order valence-electron chi connectivity index (χ3n) is 6.69. The van der Waals surface area contributed by atoms with Crippen LogP contribution >= 0.6 is 11.3 Å². The molecular weight excluding hydrogens is 538 g/mol. The first kappa shape index (κ1) is 25.9. The zero-order valence-corrected chi connectivity index (χ0v) is 22.7. The molecule has 0 radical (unpaired) electrons. The topological polar surface area (TPSA) is 124 Å². The van der Waals surface area contributed by atoms with Gasteiger partial charge >= 0.3 is 5.97 Å². The Morgan fingerprint density at radius 1 is 1.00 bits per heavy atom. The molecule has 0 spiro atoms. The molecule has 4 heterocycles. The number of benzene rings is 2. The Morgan fingerprint density at radius 3 is 2.27 bits per heavy atom. The van der Waals surface area contributed by atoms with Gasteiger partial charge in [0.25, 0.3) is 5.56 Å². The summed E-state index contributed by atoms with van der Waals surface area (Å²) in [4.78, 5) is 27.0. The number of nitrogens with two attached hydrogens (primary N) is 1. The van der Waals surface area contributed by atoms with Gasteiger partial charge in [-0.05, 0) is 31.2 Å². The van der Waals surface area contributed by atoms with E-state index in [1.54, 1.807) is 31.2 Å². The highest BCUT2D eigenvalue weighted by molar-refractivity contribution is 7.07. The number of furan rings is 2. The Balaban J connectivity index is 1.55. The van der Waals surface area contributed by atoms with Gasteiger partial charge in [0.15, 0.2) is 0 Å². The van der Waals surface area contributed by atoms with Crippen LogP contribution in [0.1, 0.15) is 24.4 Å². The van der Waals surface area contributed by atoms with Crippen LogP contribution in [0.4, 0.5) is 0 Å². The summed E-state index contributed by atoms with van der Waals surface area (Å²) in [6, 6.07) is 28.2. The van der Waals surface area contributed by atoms with Crippen molar-refractivity contribution in [1.29, 1.82) is 5.26 Å². The van der Waals surface area contributed by atoms with Gasteiger partial charge in [0.2, 0.25) is 0 Å². The second-order valence-corrected chi connectivity index (χ2v) is 10.2. The number of thiazole rings is 1. The molecule has 0 unspecified atom stereocenters. The van der Waals surface area contributed by atoms with Gasteiger partial charge in [-0.15, -0.1) is 11.3 Å². The molecule has 0 saturated heterocycles. The molecule has 5 aromatic rings. The van der Waals surface area contributed by atoms with Crippen LogP contribution in [0.2, 0.25) is 0 Å². The fourth-order valence-corrected chi connectivity index (χ4v) is 5.97. The lowest BCUT2D eigenvalue weighted by Gasteiger charge is -2.22. The zero-order chi connectivity index (χ0) is 28.5. The number of hydrogen-bond acceptors (Lipinski definition) is 8. The molecule has 41 heavy (non-hydrogen) atoms. The molecule has 9 heteroatoms. The standard InChI is InChI=1S/C32H23N3O5S/c1-2-38-32(37)28-27(25-16-15-24(40-25)20-11-7-4-8-12-20)22(18-33)29(34)35-30(36)26(41-31(28)35)17-21-13-14-23(39-21)19-9-5-3-6-10-19/h3-17,27H,2,34H2,1H3/t27-/m0/s1. The van der Waals surface area contributed by atoms with Crippen molar-refractivity contribution >= 4 is 34.8 Å². The molecule has 2 aromatic carbocycles. The summed E-state index contributed by atoms with van der Waals surface area (Å²) in [5.41, 5.74) is 7.84. The van der Waals surface area contributed by atoms with E-state index in [4.69, 9.17) is 19.3 Å². The van der Waals surface area contributed by atoms with Gasteiger partial charge in [-0.3, -0.25) is 9.36 Å². The Kier molecular flexibility index (Phi) is 6.75. The van der Waals surface area contributed by atoms with Crippen molar-refractivity contribution in [2.24, 2.45) is 5.73 Å². The Labute approximate surface area is 238 Å². The quantitative estimate of drug-likeness (QED) is 0.304. The number of esters is 1. The number of aromatic nitrogens is 1. The maximum atomic E-state index is 13.6. The molecule has 0 saturated carbocycles. The Hall–Kier alpha value is -5.33. The third-order valence-corrected chi connectivity index (χ3v) is 7.80. The van der Waals surface area contributed by atoms with Crippen LogP contribution in [0.25, 0.3) is 40.1 Å². The maximum Gasteiger partial charge on any atom is 0.338 e. The van der Waals surface area contributed by atoms with Crippen molar-refractivity contribution in [1.82, 2.24) is 4.57 Å². The summed E-state index contributed by atoms with van der Waals surface area (Å²) in [7, 11) is 0. The number of carbonyl (C=O) groups is 1. The van der Waals surface area contributed by atoms with Crippen molar-refractivity contribution in [3.8, 4) is 28.7 Å². The summed E-state index contributed by atoms with van der Waals surface area (Å²) in [5.74, 6) is 0.310. The van der Waals surface area contributed by atoms with E-state index in [-0.39, 0.29) is 32.8 Å². The highest BCUT2D eigenvalue weighted by atomic mass is 32.1. The predicted octanol–water partition coefficient (Wildman–Crippen LogP) is 4.42. The smallest absolute Gasteiger partial charge is 0.338 e. The molecule has 6 rings (SSSR count). The number of hydrogen-bond donors (Lipinski definition) is 1. The molecule has 2 N–H and O–H groups in total. The largest absolute Gasteiger partial charge is 0.463 e. The van der Waals surface area contributed by atoms with Gasteiger partial charge < -0.3 is 19.3 Å². The predicted molar refractivity (Wildman–Crippen MR) is 155 cm³/mol. The van der Waals surface area contributed by atoms with Gasteiger partial charge in [0, 0.05) is 17.2 Å². The van der Waals surface area contributed by atoms with E-state index in [0.717, 1.165) is 22.5 Å². The molecule has 3 aromatic heterocycles. The zero-order valence-electron chi connectivity index (χ0n) is 21.9. The molecule has 0 fully saturated rings. The highest BCUT2D eigenvalue weighted by Gasteiger charge is 2.38. The van der Waals surface area contributed by atoms with E-state index < -0.39 is 17.4 Å². The van der Waals surface area contributed by atoms with Crippen molar-refractivity contribution in [2.45, 2.75) is 12.8 Å². The van der Waals surface area contributed by atoms with Gasteiger partial charge in [-0.25, -0.2) is 4.79 Å². The van der Waals surface area contributed by atoms with Crippen molar-refractivity contribution < 1.29 is 18.4 Å². The Bertz CT molecular complexity index is 2020. The average Bonchev–Trinajstić information content (AvgIpc) is 3.74. The van der Waals surface area contributed by atoms with Gasteiger partial charge in [0.05, 0.1) is 34.3 Å². The van der Waals surface area contributed by atoms with E-state index in [1.807, 2.05) is 66.7 Å². The summed E-state index contributed by atoms with van der Waals surface area (Å²) < 4.78 is 19.3. The lowest BCUT2D eigenvalue weighted by atomic mass is 9.88. The second kappa shape index (κ2) is 10.7. The summed E-state index contributed by atoms with van der Waals surface area (Å²) in [6.45, 7) is 1.79. The fourth-order valence-electron chi connectivity index (χ4n) is 4.82. The van der Waals surface area contributed by atoms with Crippen molar-refractivity contribution in [2.75, 3.05) is 6.61 Å². The molecule has 1 aliphatic heterocycles. The van der Waals surface area contributed by atoms with Crippen molar-refractivity contribution in [3.05, 3.63) is 122 Å². The van der Waals surface area contributed by atoms with Gasteiger partial charge in [0.1, 0.15) is 33.5 Å². The number of nitrogens with zero attached hydrogens (tertiary/aromatic N) is 2. The number of ether oxygens (including phenoxy) is 1. The first-order chi connectivity index (χ1) is 20.0. The van der Waals surface area contributed by atoms with Gasteiger partial charge in [-0.2, -0.15) is 5.26 Å². The van der Waals surface area contributed by atoms with Crippen LogP contribution in [0.5, 0.6) is 0 Å². The second-order valence-electron chi connectivity index (χ2n) is 9.17. The molecule has 1 atom stereocenters. The van der Waals surface area contributed by atoms with E-state index in [1.165, 1.54) is 4.57 Å². The monoisotopic (exact) mass is 561 g/mol. The number of fused-ring (bicyclic) bond motifs is 1. The van der Waals surface area contributed by atoms with Crippen LogP contribution in [0.3, 0.4) is 0 Å². The normalized spacial score (nSPS) is 15.1. The average molecular weight is 562 g/mol. The molecule has 202 valence electrons. The third kappa shape index (κ3) is 4.60. The number of allylic oxidation sites excluding steroid dienone is 1. The van der Waals surface area contributed by atoms with E-state index in [0.29, 0.717) is 23.0 Å². The van der Waals surface area contributed by atoms with Crippen molar-refractivity contribution in [3.63, 3.8) is 0 Å². The number of nitriles is 1. The van der Waals surface area contributed by atoms with E-state index in [9.17, 15) is 14.9 Å². The maximum absolute atomic E-state index is 13.6. The number of carbonyl (C=O) groups excluding carboxylic acids is 1. The van der Waals surface area contributed by atoms with Crippen LogP contribution in [0.15, 0.2) is 104 Å². The van der Waals surface area contributed by atoms with Gasteiger partial charge in [-0.1, -0.05) is 60.7 Å². The minimum atomic E-state index is -0.962. The van der Waals surface area contributed by atoms with E-state index >= 15 is 0 Å². The number of rotatable bonds is 6. The molecule has 0 amide bonds.